The normalized spacial score (nSPS) is 24.4. The topological polar surface area (TPSA) is 49.3 Å². The van der Waals surface area contributed by atoms with Crippen LogP contribution >= 0.6 is 0 Å². The zero-order valence-electron chi connectivity index (χ0n) is 12.9. The van der Waals surface area contributed by atoms with Crippen LogP contribution in [0.3, 0.4) is 0 Å². The molecule has 0 aliphatic heterocycles. The molecule has 0 bridgehead atoms. The van der Waals surface area contributed by atoms with Crippen LogP contribution in [0.15, 0.2) is 0 Å². The first-order valence-electron chi connectivity index (χ1n) is 7.89. The Labute approximate surface area is 118 Å². The fourth-order valence-corrected chi connectivity index (χ4v) is 2.95. The lowest BCUT2D eigenvalue weighted by Crippen LogP contribution is -2.32. The molecule has 19 heavy (non-hydrogen) atoms. The van der Waals surface area contributed by atoms with Crippen molar-refractivity contribution < 1.29 is 9.90 Å². The van der Waals surface area contributed by atoms with Crippen LogP contribution in [0.4, 0.5) is 0 Å². The van der Waals surface area contributed by atoms with Gasteiger partial charge in [0.15, 0.2) is 0 Å². The fourth-order valence-electron chi connectivity index (χ4n) is 2.95. The van der Waals surface area contributed by atoms with Gasteiger partial charge in [0, 0.05) is 0 Å². The van der Waals surface area contributed by atoms with E-state index in [9.17, 15) is 4.79 Å². The summed E-state index contributed by atoms with van der Waals surface area (Å²) in [5, 5.41) is 12.5. The number of carbonyl (C=O) groups is 1. The lowest BCUT2D eigenvalue weighted by molar-refractivity contribution is -0.147. The van der Waals surface area contributed by atoms with Gasteiger partial charge in [-0.2, -0.15) is 0 Å². The van der Waals surface area contributed by atoms with E-state index in [0.717, 1.165) is 24.9 Å². The molecular formula is C16H31NO2. The van der Waals surface area contributed by atoms with Crippen molar-refractivity contribution in [3.05, 3.63) is 0 Å². The molecule has 0 aromatic rings. The van der Waals surface area contributed by atoms with Gasteiger partial charge in [0.25, 0.3) is 0 Å². The van der Waals surface area contributed by atoms with Crippen LogP contribution in [0, 0.1) is 17.3 Å². The second-order valence-electron chi connectivity index (χ2n) is 6.82. The number of nitrogens with one attached hydrogen (secondary N) is 1. The molecule has 0 spiro atoms. The molecule has 3 nitrogen and oxygen atoms in total. The van der Waals surface area contributed by atoms with Crippen LogP contribution < -0.4 is 5.32 Å². The highest BCUT2D eigenvalue weighted by atomic mass is 16.4. The Kier molecular flexibility index (Phi) is 6.84. The minimum absolute atomic E-state index is 0.605. The molecule has 0 aromatic heterocycles. The van der Waals surface area contributed by atoms with Crippen molar-refractivity contribution in [2.24, 2.45) is 17.3 Å². The Morgan fingerprint density at radius 1 is 1.21 bits per heavy atom. The summed E-state index contributed by atoms with van der Waals surface area (Å²) in [6.45, 7) is 7.75. The third-order valence-corrected chi connectivity index (χ3v) is 4.60. The second kappa shape index (κ2) is 7.88. The summed E-state index contributed by atoms with van der Waals surface area (Å²) >= 11 is 0. The van der Waals surface area contributed by atoms with Crippen LogP contribution in [-0.4, -0.2) is 24.2 Å². The molecule has 0 heterocycles. The first-order chi connectivity index (χ1) is 8.95. The van der Waals surface area contributed by atoms with Gasteiger partial charge in [0.05, 0.1) is 5.41 Å². The number of carboxylic acid groups (broad SMARTS) is 1. The lowest BCUT2D eigenvalue weighted by atomic mass is 9.80. The smallest absolute Gasteiger partial charge is 0.309 e. The zero-order valence-corrected chi connectivity index (χ0v) is 12.9. The van der Waals surface area contributed by atoms with Crippen LogP contribution in [-0.2, 0) is 4.79 Å². The Balaban J connectivity index is 2.10. The van der Waals surface area contributed by atoms with Crippen LogP contribution in [0.5, 0.6) is 0 Å². The van der Waals surface area contributed by atoms with Gasteiger partial charge in [0.1, 0.15) is 0 Å². The van der Waals surface area contributed by atoms with Gasteiger partial charge in [-0.1, -0.05) is 32.6 Å². The van der Waals surface area contributed by atoms with E-state index >= 15 is 0 Å². The molecule has 0 unspecified atom stereocenters. The summed E-state index contributed by atoms with van der Waals surface area (Å²) in [4.78, 5) is 11.0. The molecule has 0 saturated heterocycles. The molecule has 0 amide bonds. The van der Waals surface area contributed by atoms with Crippen LogP contribution in [0.2, 0.25) is 0 Å². The summed E-state index contributed by atoms with van der Waals surface area (Å²) < 4.78 is 0. The van der Waals surface area contributed by atoms with Crippen molar-refractivity contribution in [2.45, 2.75) is 65.7 Å². The highest BCUT2D eigenvalue weighted by Crippen LogP contribution is 2.31. The second-order valence-corrected chi connectivity index (χ2v) is 6.82. The molecule has 1 rings (SSSR count). The molecule has 1 fully saturated rings. The molecule has 1 aliphatic carbocycles. The maximum absolute atomic E-state index is 11.0. The van der Waals surface area contributed by atoms with E-state index in [1.54, 1.807) is 13.8 Å². The predicted molar refractivity (Wildman–Crippen MR) is 79.3 cm³/mol. The average Bonchev–Trinajstić information content (AvgIpc) is 2.37. The number of rotatable bonds is 8. The maximum Gasteiger partial charge on any atom is 0.309 e. The molecule has 3 heteroatoms. The standard InChI is InChI=1S/C16H31NO2/c1-4-5-13-6-8-14(9-7-13)12-17-11-10-16(2,3)15(18)19/h13-14,17H,4-12H2,1-3H3,(H,18,19). The van der Waals surface area contributed by atoms with E-state index in [1.165, 1.54) is 38.5 Å². The Hall–Kier alpha value is -0.570. The fraction of sp³-hybridized carbons (Fsp3) is 0.938. The van der Waals surface area contributed by atoms with Gasteiger partial charge in [-0.15, -0.1) is 0 Å². The minimum Gasteiger partial charge on any atom is -0.481 e. The summed E-state index contributed by atoms with van der Waals surface area (Å²) in [5.74, 6) is 1.07. The van der Waals surface area contributed by atoms with Crippen LogP contribution in [0.1, 0.15) is 65.7 Å². The highest BCUT2D eigenvalue weighted by Gasteiger charge is 2.26. The molecule has 2 N–H and O–H groups in total. The minimum atomic E-state index is -0.700. The predicted octanol–water partition coefficient (Wildman–Crippen LogP) is 3.68. The van der Waals surface area contributed by atoms with E-state index in [4.69, 9.17) is 5.11 Å². The molecule has 1 saturated carbocycles. The Morgan fingerprint density at radius 3 is 2.32 bits per heavy atom. The molecule has 1 aliphatic rings. The highest BCUT2D eigenvalue weighted by molar-refractivity contribution is 5.73. The van der Waals surface area contributed by atoms with Gasteiger partial charge in [-0.05, 0) is 58.0 Å². The van der Waals surface area contributed by atoms with Crippen molar-refractivity contribution in [1.29, 1.82) is 0 Å². The van der Waals surface area contributed by atoms with Gasteiger partial charge in [0.2, 0.25) is 0 Å². The average molecular weight is 269 g/mol. The maximum atomic E-state index is 11.0. The summed E-state index contributed by atoms with van der Waals surface area (Å²) in [7, 11) is 0. The zero-order chi connectivity index (χ0) is 14.3. The van der Waals surface area contributed by atoms with Gasteiger partial charge >= 0.3 is 5.97 Å². The molecule has 0 atom stereocenters. The third-order valence-electron chi connectivity index (χ3n) is 4.60. The Morgan fingerprint density at radius 2 is 1.79 bits per heavy atom. The monoisotopic (exact) mass is 269 g/mol. The van der Waals surface area contributed by atoms with E-state index in [2.05, 4.69) is 12.2 Å². The van der Waals surface area contributed by atoms with Gasteiger partial charge in [-0.25, -0.2) is 0 Å². The van der Waals surface area contributed by atoms with Crippen molar-refractivity contribution >= 4 is 5.97 Å². The van der Waals surface area contributed by atoms with E-state index < -0.39 is 11.4 Å². The molecule has 112 valence electrons. The quantitative estimate of drug-likeness (QED) is 0.661. The van der Waals surface area contributed by atoms with E-state index in [-0.39, 0.29) is 0 Å². The van der Waals surface area contributed by atoms with Crippen LogP contribution in [0.25, 0.3) is 0 Å². The summed E-state index contributed by atoms with van der Waals surface area (Å²) in [6, 6.07) is 0. The SMILES string of the molecule is CCCC1CCC(CNCCC(C)(C)C(=O)O)CC1. The van der Waals surface area contributed by atoms with Gasteiger partial charge < -0.3 is 10.4 Å². The molecule has 0 radical (unpaired) electrons. The Bertz CT molecular complexity index is 268. The number of carboxylic acids is 1. The molecular weight excluding hydrogens is 238 g/mol. The first-order valence-corrected chi connectivity index (χ1v) is 7.89. The molecule has 0 aromatic carbocycles. The summed E-state index contributed by atoms with van der Waals surface area (Å²) in [6.07, 6.45) is 8.89. The first kappa shape index (κ1) is 16.5. The number of hydrogen-bond donors (Lipinski definition) is 2. The van der Waals surface area contributed by atoms with Crippen molar-refractivity contribution in [3.8, 4) is 0 Å². The summed E-state index contributed by atoms with van der Waals surface area (Å²) in [5.41, 5.74) is -0.605. The van der Waals surface area contributed by atoms with Crippen molar-refractivity contribution in [1.82, 2.24) is 5.32 Å². The van der Waals surface area contributed by atoms with Crippen molar-refractivity contribution in [3.63, 3.8) is 0 Å². The van der Waals surface area contributed by atoms with E-state index in [0.29, 0.717) is 6.42 Å². The number of hydrogen-bond acceptors (Lipinski definition) is 2. The van der Waals surface area contributed by atoms with Gasteiger partial charge in [-0.3, -0.25) is 4.79 Å². The van der Waals surface area contributed by atoms with E-state index in [1.807, 2.05) is 0 Å². The number of aliphatic carboxylic acids is 1. The van der Waals surface area contributed by atoms with Crippen molar-refractivity contribution in [2.75, 3.05) is 13.1 Å². The third kappa shape index (κ3) is 5.94. The largest absolute Gasteiger partial charge is 0.481 e. The lowest BCUT2D eigenvalue weighted by Gasteiger charge is -2.29.